The Morgan fingerprint density at radius 3 is 2.88 bits per heavy atom. The van der Waals surface area contributed by atoms with Crippen molar-refractivity contribution in [3.05, 3.63) is 0 Å². The molecule has 7 heteroatoms. The maximum atomic E-state index is 11.5. The third-order valence-corrected chi connectivity index (χ3v) is 2.76. The third-order valence-electron chi connectivity index (χ3n) is 2.76. The Balaban J connectivity index is 1.98. The fourth-order valence-corrected chi connectivity index (χ4v) is 1.97. The van der Waals surface area contributed by atoms with Gasteiger partial charge in [0, 0.05) is 6.42 Å². The van der Waals surface area contributed by atoms with Crippen molar-refractivity contribution in [1.29, 1.82) is 0 Å². The maximum Gasteiger partial charge on any atom is 0.407 e. The highest BCUT2D eigenvalue weighted by Crippen LogP contribution is 2.20. The molecule has 2 saturated heterocycles. The van der Waals surface area contributed by atoms with Crippen molar-refractivity contribution in [3.8, 4) is 0 Å². The first-order chi connectivity index (χ1) is 7.58. The minimum absolute atomic E-state index is 0.147. The van der Waals surface area contributed by atoms with Crippen molar-refractivity contribution in [2.75, 3.05) is 13.1 Å². The largest absolute Gasteiger partial charge is 0.480 e. The van der Waals surface area contributed by atoms with E-state index < -0.39 is 24.2 Å². The van der Waals surface area contributed by atoms with Crippen LogP contribution in [-0.2, 0) is 14.3 Å². The minimum atomic E-state index is -1.01. The Morgan fingerprint density at radius 1 is 1.56 bits per heavy atom. The average Bonchev–Trinajstić information content (AvgIpc) is 2.76. The number of hydrogen-bond donors (Lipinski definition) is 2. The number of rotatable bonds is 3. The van der Waals surface area contributed by atoms with Crippen molar-refractivity contribution < 1.29 is 24.2 Å². The van der Waals surface area contributed by atoms with Gasteiger partial charge in [-0.2, -0.15) is 0 Å². The molecule has 0 aliphatic carbocycles. The number of aliphatic carboxylic acids is 1. The molecular weight excluding hydrogens is 216 g/mol. The number of ether oxygens (including phenoxy) is 1. The monoisotopic (exact) mass is 228 g/mol. The van der Waals surface area contributed by atoms with Gasteiger partial charge in [-0.3, -0.25) is 4.79 Å². The number of alkyl carbamates (subject to hydrolysis) is 1. The van der Waals surface area contributed by atoms with Gasteiger partial charge in [-0.15, -0.1) is 0 Å². The van der Waals surface area contributed by atoms with E-state index in [4.69, 9.17) is 9.84 Å². The maximum absolute atomic E-state index is 11.5. The highest BCUT2D eigenvalue weighted by atomic mass is 16.6. The molecule has 0 radical (unpaired) electrons. The molecular formula is C9H12N2O5. The van der Waals surface area contributed by atoms with Crippen molar-refractivity contribution >= 4 is 18.0 Å². The van der Waals surface area contributed by atoms with E-state index >= 15 is 0 Å². The number of carboxylic acid groups (broad SMARTS) is 1. The van der Waals surface area contributed by atoms with Crippen molar-refractivity contribution in [2.45, 2.75) is 25.0 Å². The van der Waals surface area contributed by atoms with Crippen LogP contribution >= 0.6 is 0 Å². The smallest absolute Gasteiger partial charge is 0.407 e. The summed E-state index contributed by atoms with van der Waals surface area (Å²) >= 11 is 0. The summed E-state index contributed by atoms with van der Waals surface area (Å²) in [5.41, 5.74) is 0. The van der Waals surface area contributed by atoms with Gasteiger partial charge < -0.3 is 20.1 Å². The van der Waals surface area contributed by atoms with Gasteiger partial charge in [0.1, 0.15) is 12.1 Å². The lowest BCUT2D eigenvalue weighted by Crippen LogP contribution is -2.43. The van der Waals surface area contributed by atoms with Gasteiger partial charge in [0.05, 0.1) is 13.1 Å². The zero-order valence-electron chi connectivity index (χ0n) is 8.51. The summed E-state index contributed by atoms with van der Waals surface area (Å²) in [6.45, 7) is 0.462. The molecule has 0 aromatic rings. The lowest BCUT2D eigenvalue weighted by atomic mass is 10.2. The molecule has 2 rings (SSSR count). The number of carboxylic acids is 1. The van der Waals surface area contributed by atoms with Gasteiger partial charge in [-0.05, 0) is 6.42 Å². The second-order valence-corrected chi connectivity index (χ2v) is 3.85. The summed E-state index contributed by atoms with van der Waals surface area (Å²) < 4.78 is 4.86. The summed E-state index contributed by atoms with van der Waals surface area (Å²) in [6.07, 6.45) is -0.409. The van der Waals surface area contributed by atoms with Gasteiger partial charge in [-0.1, -0.05) is 0 Å². The van der Waals surface area contributed by atoms with E-state index in [-0.39, 0.29) is 18.9 Å². The van der Waals surface area contributed by atoms with Gasteiger partial charge in [0.2, 0.25) is 5.91 Å². The van der Waals surface area contributed by atoms with E-state index in [1.165, 1.54) is 4.90 Å². The molecule has 0 spiro atoms. The lowest BCUT2D eigenvalue weighted by Gasteiger charge is -2.23. The van der Waals surface area contributed by atoms with E-state index in [9.17, 15) is 14.4 Å². The second-order valence-electron chi connectivity index (χ2n) is 3.85. The van der Waals surface area contributed by atoms with Crippen LogP contribution in [0.15, 0.2) is 0 Å². The van der Waals surface area contributed by atoms with Crippen LogP contribution in [0.2, 0.25) is 0 Å². The fraction of sp³-hybridized carbons (Fsp3) is 0.667. The Labute approximate surface area is 91.3 Å². The zero-order chi connectivity index (χ0) is 11.7. The van der Waals surface area contributed by atoms with Crippen molar-refractivity contribution in [2.24, 2.45) is 0 Å². The first-order valence-electron chi connectivity index (χ1n) is 5.04. The summed E-state index contributed by atoms with van der Waals surface area (Å²) in [7, 11) is 0. The predicted molar refractivity (Wildman–Crippen MR) is 50.6 cm³/mol. The molecule has 2 unspecified atom stereocenters. The summed E-state index contributed by atoms with van der Waals surface area (Å²) in [5, 5.41) is 11.4. The van der Waals surface area contributed by atoms with Crippen LogP contribution in [0.1, 0.15) is 12.8 Å². The molecule has 2 aliphatic rings. The fourth-order valence-electron chi connectivity index (χ4n) is 1.97. The molecule has 2 atom stereocenters. The van der Waals surface area contributed by atoms with Crippen molar-refractivity contribution in [3.63, 3.8) is 0 Å². The third kappa shape index (κ3) is 1.93. The van der Waals surface area contributed by atoms with Gasteiger partial charge in [0.15, 0.2) is 0 Å². The van der Waals surface area contributed by atoms with E-state index in [1.807, 2.05) is 0 Å². The molecule has 2 heterocycles. The molecule has 0 bridgehead atoms. The molecule has 0 aromatic carbocycles. The number of nitrogens with one attached hydrogen (secondary N) is 1. The molecule has 7 nitrogen and oxygen atoms in total. The molecule has 2 aliphatic heterocycles. The van der Waals surface area contributed by atoms with Crippen LogP contribution in [-0.4, -0.2) is 53.2 Å². The number of hydrogen-bond acceptors (Lipinski definition) is 4. The molecule has 2 amide bonds. The van der Waals surface area contributed by atoms with Crippen LogP contribution < -0.4 is 5.32 Å². The summed E-state index contributed by atoms with van der Waals surface area (Å²) in [5.74, 6) is -1.21. The summed E-state index contributed by atoms with van der Waals surface area (Å²) in [4.78, 5) is 34.4. The van der Waals surface area contributed by atoms with Crippen LogP contribution in [0.3, 0.4) is 0 Å². The molecule has 88 valence electrons. The average molecular weight is 228 g/mol. The number of likely N-dealkylation sites (tertiary alicyclic amines) is 1. The van der Waals surface area contributed by atoms with Crippen LogP contribution in [0, 0.1) is 0 Å². The number of carbonyl (C=O) groups is 3. The van der Waals surface area contributed by atoms with Crippen LogP contribution in [0.4, 0.5) is 4.79 Å². The standard InChI is InChI=1S/C9H12N2O5/c12-7-2-1-6(8(13)14)11(7)4-5-3-10-9(15)16-5/h5-6H,1-4H2,(H,10,15)(H,13,14). The Hall–Kier alpha value is -1.79. The van der Waals surface area contributed by atoms with E-state index in [0.717, 1.165) is 0 Å². The highest BCUT2D eigenvalue weighted by molar-refractivity contribution is 5.87. The number of cyclic esters (lactones) is 1. The molecule has 0 saturated carbocycles. The Kier molecular flexibility index (Phi) is 2.67. The van der Waals surface area contributed by atoms with Gasteiger partial charge >= 0.3 is 12.1 Å². The van der Waals surface area contributed by atoms with Gasteiger partial charge in [-0.25, -0.2) is 9.59 Å². The number of amides is 2. The molecule has 16 heavy (non-hydrogen) atoms. The van der Waals surface area contributed by atoms with Crippen molar-refractivity contribution in [1.82, 2.24) is 10.2 Å². The lowest BCUT2D eigenvalue weighted by molar-refractivity contribution is -0.146. The summed E-state index contributed by atoms with van der Waals surface area (Å²) in [6, 6.07) is -0.785. The highest BCUT2D eigenvalue weighted by Gasteiger charge is 2.38. The molecule has 2 N–H and O–H groups in total. The number of nitrogens with zero attached hydrogens (tertiary/aromatic N) is 1. The normalized spacial score (nSPS) is 29.1. The molecule has 2 fully saturated rings. The zero-order valence-corrected chi connectivity index (χ0v) is 8.51. The topological polar surface area (TPSA) is 95.9 Å². The Morgan fingerprint density at radius 2 is 2.31 bits per heavy atom. The van der Waals surface area contributed by atoms with E-state index in [1.54, 1.807) is 0 Å². The van der Waals surface area contributed by atoms with E-state index in [2.05, 4.69) is 5.32 Å². The SMILES string of the molecule is O=C1NCC(CN2C(=O)CCC2C(=O)O)O1. The number of carbonyl (C=O) groups excluding carboxylic acids is 2. The molecule has 0 aromatic heterocycles. The predicted octanol–water partition coefficient (Wildman–Crippen LogP) is -0.830. The first-order valence-corrected chi connectivity index (χ1v) is 5.04. The quantitative estimate of drug-likeness (QED) is 0.657. The second kappa shape index (κ2) is 3.99. The van der Waals surface area contributed by atoms with Crippen LogP contribution in [0.25, 0.3) is 0 Å². The van der Waals surface area contributed by atoms with Gasteiger partial charge in [0.25, 0.3) is 0 Å². The van der Waals surface area contributed by atoms with Crippen LogP contribution in [0.5, 0.6) is 0 Å². The van der Waals surface area contributed by atoms with E-state index in [0.29, 0.717) is 13.0 Å². The minimum Gasteiger partial charge on any atom is -0.480 e. The Bertz CT molecular complexity index is 343. The first kappa shape index (κ1) is 10.7.